The largest absolute Gasteiger partial charge is 0.334 e. The SMILES string of the molecule is CN(C)CC(Cc1ccccc1)NC(=O)N1CCN(CC(=O)N2CCc3ccccc32)CC1. The van der Waals surface area contributed by atoms with Crippen LogP contribution < -0.4 is 10.2 Å². The van der Waals surface area contributed by atoms with Crippen molar-refractivity contribution in [2.75, 3.05) is 64.8 Å². The first-order valence-electron chi connectivity index (χ1n) is 11.8. The lowest BCUT2D eigenvalue weighted by Gasteiger charge is -2.36. The third-order valence-corrected chi connectivity index (χ3v) is 6.44. The van der Waals surface area contributed by atoms with Crippen LogP contribution in [0.4, 0.5) is 10.5 Å². The number of nitrogens with one attached hydrogen (secondary N) is 1. The zero-order valence-electron chi connectivity index (χ0n) is 19.7. The highest BCUT2D eigenvalue weighted by Crippen LogP contribution is 2.27. The number of rotatable bonds is 7. The molecule has 0 bridgehead atoms. The number of carbonyl (C=O) groups is 2. The minimum atomic E-state index is -0.0165. The van der Waals surface area contributed by atoms with Gasteiger partial charge in [-0.2, -0.15) is 0 Å². The number of nitrogens with zero attached hydrogens (tertiary/aromatic N) is 4. The molecule has 2 aliphatic heterocycles. The van der Waals surface area contributed by atoms with Gasteiger partial charge in [0.2, 0.25) is 5.91 Å². The van der Waals surface area contributed by atoms with E-state index in [0.717, 1.165) is 31.6 Å². The van der Waals surface area contributed by atoms with Crippen molar-refractivity contribution in [2.45, 2.75) is 18.9 Å². The predicted molar refractivity (Wildman–Crippen MR) is 132 cm³/mol. The standard InChI is InChI=1S/C26H35N5O2/c1-28(2)19-23(18-21-8-4-3-5-9-21)27-26(33)30-16-14-29(15-17-30)20-25(32)31-13-12-22-10-6-7-11-24(22)31/h3-11,23H,12-20H2,1-2H3,(H,27,33). The monoisotopic (exact) mass is 449 g/mol. The second-order valence-corrected chi connectivity index (χ2v) is 9.29. The van der Waals surface area contributed by atoms with Crippen LogP contribution >= 0.6 is 0 Å². The van der Waals surface area contributed by atoms with Gasteiger partial charge in [0, 0.05) is 51.0 Å². The molecule has 2 aromatic rings. The first-order chi connectivity index (χ1) is 16.0. The molecule has 1 atom stereocenters. The van der Waals surface area contributed by atoms with E-state index in [4.69, 9.17) is 0 Å². The summed E-state index contributed by atoms with van der Waals surface area (Å²) in [6.07, 6.45) is 1.73. The lowest BCUT2D eigenvalue weighted by molar-refractivity contribution is -0.120. The summed E-state index contributed by atoms with van der Waals surface area (Å²) >= 11 is 0. The Bertz CT molecular complexity index is 941. The quantitative estimate of drug-likeness (QED) is 0.703. The Morgan fingerprint density at radius 3 is 2.36 bits per heavy atom. The summed E-state index contributed by atoms with van der Waals surface area (Å²) in [5.74, 6) is 0.145. The van der Waals surface area contributed by atoms with E-state index in [9.17, 15) is 9.59 Å². The number of benzene rings is 2. The molecule has 1 saturated heterocycles. The fourth-order valence-corrected chi connectivity index (χ4v) is 4.75. The topological polar surface area (TPSA) is 59.1 Å². The fourth-order valence-electron chi connectivity index (χ4n) is 4.75. The van der Waals surface area contributed by atoms with Gasteiger partial charge in [-0.3, -0.25) is 9.69 Å². The van der Waals surface area contributed by atoms with Crippen molar-refractivity contribution < 1.29 is 9.59 Å². The van der Waals surface area contributed by atoms with Crippen LogP contribution in [0, 0.1) is 0 Å². The Morgan fingerprint density at radius 2 is 1.64 bits per heavy atom. The third-order valence-electron chi connectivity index (χ3n) is 6.44. The number of carbonyl (C=O) groups excluding carboxylic acids is 2. The van der Waals surface area contributed by atoms with Crippen molar-refractivity contribution in [2.24, 2.45) is 0 Å². The van der Waals surface area contributed by atoms with Crippen LogP contribution in [0.1, 0.15) is 11.1 Å². The van der Waals surface area contributed by atoms with Crippen molar-refractivity contribution in [1.29, 1.82) is 0 Å². The Hall–Kier alpha value is -2.90. The molecule has 1 N–H and O–H groups in total. The predicted octanol–water partition coefficient (Wildman–Crippen LogP) is 2.08. The third kappa shape index (κ3) is 6.12. The number of amides is 3. The second-order valence-electron chi connectivity index (χ2n) is 9.29. The number of hydrogen-bond acceptors (Lipinski definition) is 4. The van der Waals surface area contributed by atoms with Crippen LogP contribution in [0.5, 0.6) is 0 Å². The van der Waals surface area contributed by atoms with Gasteiger partial charge in [0.1, 0.15) is 0 Å². The molecule has 0 spiro atoms. The normalized spacial score (nSPS) is 17.2. The molecule has 0 radical (unpaired) electrons. The second kappa shape index (κ2) is 10.8. The van der Waals surface area contributed by atoms with Gasteiger partial charge < -0.3 is 20.0 Å². The summed E-state index contributed by atoms with van der Waals surface area (Å²) in [5.41, 5.74) is 3.51. The van der Waals surface area contributed by atoms with Gasteiger partial charge in [0.05, 0.1) is 6.54 Å². The highest BCUT2D eigenvalue weighted by Gasteiger charge is 2.28. The lowest BCUT2D eigenvalue weighted by Crippen LogP contribution is -2.56. The van der Waals surface area contributed by atoms with Crippen LogP contribution in [0.2, 0.25) is 0 Å². The summed E-state index contributed by atoms with van der Waals surface area (Å²) in [6, 6.07) is 18.5. The molecule has 4 rings (SSSR count). The molecule has 176 valence electrons. The molecule has 3 amide bonds. The van der Waals surface area contributed by atoms with Crippen LogP contribution in [-0.2, 0) is 17.6 Å². The maximum absolute atomic E-state index is 13.0. The maximum Gasteiger partial charge on any atom is 0.317 e. The molecule has 2 aromatic carbocycles. The van der Waals surface area contributed by atoms with E-state index in [1.807, 2.05) is 60.3 Å². The molecule has 0 saturated carbocycles. The van der Waals surface area contributed by atoms with Crippen molar-refractivity contribution >= 4 is 17.6 Å². The van der Waals surface area contributed by atoms with E-state index in [2.05, 4.69) is 33.3 Å². The minimum Gasteiger partial charge on any atom is -0.334 e. The first kappa shape index (κ1) is 23.3. The van der Waals surface area contributed by atoms with Crippen LogP contribution in [0.25, 0.3) is 0 Å². The number of fused-ring (bicyclic) bond motifs is 1. The Morgan fingerprint density at radius 1 is 0.939 bits per heavy atom. The molecule has 1 unspecified atom stereocenters. The molecule has 0 aliphatic carbocycles. The van der Waals surface area contributed by atoms with Gasteiger partial charge >= 0.3 is 6.03 Å². The Labute approximate surface area is 196 Å². The van der Waals surface area contributed by atoms with Crippen LogP contribution in [0.3, 0.4) is 0 Å². The molecular weight excluding hydrogens is 414 g/mol. The average Bonchev–Trinajstić information content (AvgIpc) is 3.24. The summed E-state index contributed by atoms with van der Waals surface area (Å²) in [5, 5.41) is 3.23. The zero-order valence-corrected chi connectivity index (χ0v) is 19.7. The first-order valence-corrected chi connectivity index (χ1v) is 11.8. The van der Waals surface area contributed by atoms with E-state index < -0.39 is 0 Å². The number of anilines is 1. The lowest BCUT2D eigenvalue weighted by atomic mass is 10.1. The van der Waals surface area contributed by atoms with Gasteiger partial charge in [-0.05, 0) is 44.1 Å². The summed E-state index contributed by atoms with van der Waals surface area (Å²) in [4.78, 5) is 33.9. The van der Waals surface area contributed by atoms with Crippen molar-refractivity contribution in [3.63, 3.8) is 0 Å². The molecule has 33 heavy (non-hydrogen) atoms. The summed E-state index contributed by atoms with van der Waals surface area (Å²) < 4.78 is 0. The highest BCUT2D eigenvalue weighted by molar-refractivity contribution is 5.96. The van der Waals surface area contributed by atoms with Crippen molar-refractivity contribution in [3.8, 4) is 0 Å². The Balaban J connectivity index is 1.26. The fraction of sp³-hybridized carbons (Fsp3) is 0.462. The average molecular weight is 450 g/mol. The number of para-hydroxylation sites is 1. The van der Waals surface area contributed by atoms with E-state index >= 15 is 0 Å². The number of piperazine rings is 1. The Kier molecular flexibility index (Phi) is 7.62. The molecule has 0 aromatic heterocycles. The zero-order chi connectivity index (χ0) is 23.2. The smallest absolute Gasteiger partial charge is 0.317 e. The van der Waals surface area contributed by atoms with Crippen molar-refractivity contribution in [3.05, 3.63) is 65.7 Å². The van der Waals surface area contributed by atoms with Gasteiger partial charge in [-0.25, -0.2) is 4.79 Å². The van der Waals surface area contributed by atoms with E-state index in [0.29, 0.717) is 32.7 Å². The number of urea groups is 1. The van der Waals surface area contributed by atoms with Gasteiger partial charge in [0.15, 0.2) is 0 Å². The van der Waals surface area contributed by atoms with Crippen LogP contribution in [-0.4, -0.2) is 92.6 Å². The minimum absolute atomic E-state index is 0.0165. The molecule has 7 nitrogen and oxygen atoms in total. The molecule has 1 fully saturated rings. The summed E-state index contributed by atoms with van der Waals surface area (Å²) in [6.45, 7) is 4.64. The molecular formula is C26H35N5O2. The van der Waals surface area contributed by atoms with E-state index in [1.54, 1.807) is 0 Å². The number of hydrogen-bond donors (Lipinski definition) is 1. The maximum atomic E-state index is 13.0. The van der Waals surface area contributed by atoms with Gasteiger partial charge in [-0.15, -0.1) is 0 Å². The summed E-state index contributed by atoms with van der Waals surface area (Å²) in [7, 11) is 4.05. The van der Waals surface area contributed by atoms with Crippen molar-refractivity contribution in [1.82, 2.24) is 20.0 Å². The van der Waals surface area contributed by atoms with Gasteiger partial charge in [-0.1, -0.05) is 48.5 Å². The van der Waals surface area contributed by atoms with E-state index in [-0.39, 0.29) is 18.0 Å². The van der Waals surface area contributed by atoms with E-state index in [1.165, 1.54) is 11.1 Å². The molecule has 7 heteroatoms. The van der Waals surface area contributed by atoms with Gasteiger partial charge in [0.25, 0.3) is 0 Å². The highest BCUT2D eigenvalue weighted by atomic mass is 16.2. The molecule has 2 aliphatic rings. The number of likely N-dealkylation sites (N-methyl/N-ethyl adjacent to an activating group) is 1. The molecule has 2 heterocycles. The van der Waals surface area contributed by atoms with Crippen LogP contribution in [0.15, 0.2) is 54.6 Å².